The zero-order chi connectivity index (χ0) is 12.5. The molecule has 2 aliphatic heterocycles. The van der Waals surface area contributed by atoms with Gasteiger partial charge in [0, 0.05) is 6.20 Å². The maximum Gasteiger partial charge on any atom is 0.337 e. The number of hydrogen-bond acceptors (Lipinski definition) is 3. The molecule has 5 heteroatoms. The van der Waals surface area contributed by atoms with Crippen LogP contribution in [0.3, 0.4) is 0 Å². The summed E-state index contributed by atoms with van der Waals surface area (Å²) in [5.74, 6) is -0.951. The van der Waals surface area contributed by atoms with E-state index >= 15 is 0 Å². The smallest absolute Gasteiger partial charge is 0.337 e. The summed E-state index contributed by atoms with van der Waals surface area (Å²) in [4.78, 5) is 14.7. The molecule has 90 valence electrons. The van der Waals surface area contributed by atoms with Crippen LogP contribution in [0.25, 0.3) is 20.9 Å². The molecule has 1 aromatic rings. The van der Waals surface area contributed by atoms with E-state index in [9.17, 15) is 4.79 Å². The van der Waals surface area contributed by atoms with Crippen LogP contribution < -0.4 is 0 Å². The van der Waals surface area contributed by atoms with E-state index in [0.29, 0.717) is 0 Å². The molecule has 0 saturated carbocycles. The van der Waals surface area contributed by atoms with E-state index in [-0.39, 0.29) is 5.56 Å². The molecule has 2 aliphatic rings. The summed E-state index contributed by atoms with van der Waals surface area (Å²) < 4.78 is 6.51. The van der Waals surface area contributed by atoms with Gasteiger partial charge in [0.05, 0.1) is 20.8 Å². The Labute approximate surface area is 106 Å². The summed E-state index contributed by atoms with van der Waals surface area (Å²) in [5, 5.41) is 8.98. The molecule has 0 spiro atoms. The molecular weight excluding hydrogens is 250 g/mol. The van der Waals surface area contributed by atoms with Crippen molar-refractivity contribution in [2.45, 2.75) is 0 Å². The van der Waals surface area contributed by atoms with E-state index in [1.165, 1.54) is 17.5 Å². The average Bonchev–Trinajstić information content (AvgIpc) is 2.56. The van der Waals surface area contributed by atoms with E-state index in [4.69, 9.17) is 9.52 Å². The molecule has 18 heavy (non-hydrogen) atoms. The van der Waals surface area contributed by atoms with Gasteiger partial charge in [0.1, 0.15) is 11.8 Å². The van der Waals surface area contributed by atoms with Gasteiger partial charge >= 0.3 is 5.97 Å². The lowest BCUT2D eigenvalue weighted by Crippen LogP contribution is -1.97. The number of aromatic nitrogens is 1. The van der Waals surface area contributed by atoms with E-state index in [0.717, 1.165) is 20.9 Å². The topological polar surface area (TPSA) is 66.2 Å². The Morgan fingerprint density at radius 1 is 1.33 bits per heavy atom. The van der Waals surface area contributed by atoms with E-state index in [2.05, 4.69) is 4.98 Å². The summed E-state index contributed by atoms with van der Waals surface area (Å²) >= 11 is 1.48. The third kappa shape index (κ3) is 1.84. The third-order valence-electron chi connectivity index (χ3n) is 2.55. The highest BCUT2D eigenvalue weighted by atomic mass is 32.1. The number of carbonyl (C=O) groups is 1. The molecule has 4 nitrogen and oxygen atoms in total. The van der Waals surface area contributed by atoms with Crippen LogP contribution in [0, 0.1) is 0 Å². The number of aromatic carboxylic acids is 1. The second-order valence-corrected chi connectivity index (χ2v) is 4.84. The van der Waals surface area contributed by atoms with Gasteiger partial charge in [0.25, 0.3) is 0 Å². The zero-order valence-electron chi connectivity index (χ0n) is 9.21. The molecule has 0 saturated heterocycles. The summed E-state index contributed by atoms with van der Waals surface area (Å²) in [5.41, 5.74) is 1.76. The lowest BCUT2D eigenvalue weighted by Gasteiger charge is -2.01. The Morgan fingerprint density at radius 2 is 2.17 bits per heavy atom. The minimum absolute atomic E-state index is 0.231. The predicted molar refractivity (Wildman–Crippen MR) is 69.7 cm³/mol. The van der Waals surface area contributed by atoms with Crippen LogP contribution in [0.15, 0.2) is 47.2 Å². The van der Waals surface area contributed by atoms with Crippen molar-refractivity contribution in [2.75, 3.05) is 0 Å². The summed E-state index contributed by atoms with van der Waals surface area (Å²) in [6.07, 6.45) is 3.05. The van der Waals surface area contributed by atoms with Gasteiger partial charge in [-0.1, -0.05) is 12.1 Å². The van der Waals surface area contributed by atoms with Crippen molar-refractivity contribution in [3.8, 4) is 10.6 Å². The number of fused-ring (bicyclic) bond motifs is 2. The van der Waals surface area contributed by atoms with Gasteiger partial charge < -0.3 is 14.5 Å². The van der Waals surface area contributed by atoms with Crippen molar-refractivity contribution >= 4 is 27.6 Å². The monoisotopic (exact) mass is 259 g/mol. The fraction of sp³-hybridized carbons (Fsp3) is 0. The first-order chi connectivity index (χ1) is 8.74. The molecule has 0 atom stereocenters. The van der Waals surface area contributed by atoms with Crippen molar-refractivity contribution in [3.63, 3.8) is 0 Å². The number of hydrogen-bond donors (Lipinski definition) is 2. The first kappa shape index (κ1) is 10.9. The van der Waals surface area contributed by atoms with E-state index < -0.39 is 5.97 Å². The summed E-state index contributed by atoms with van der Waals surface area (Å²) in [6, 6.07) is 9.28. The molecule has 2 heterocycles. The van der Waals surface area contributed by atoms with Gasteiger partial charge in [0.2, 0.25) is 0 Å². The van der Waals surface area contributed by atoms with Crippen molar-refractivity contribution in [2.24, 2.45) is 0 Å². The number of rotatable bonds is 1. The molecule has 0 fully saturated rings. The lowest BCUT2D eigenvalue weighted by molar-refractivity contribution is 0.0696. The van der Waals surface area contributed by atoms with Gasteiger partial charge in [-0.3, -0.25) is 0 Å². The lowest BCUT2D eigenvalue weighted by atomic mass is 10.2. The maximum atomic E-state index is 10.9. The number of carboxylic acids is 1. The van der Waals surface area contributed by atoms with Crippen LogP contribution in [-0.4, -0.2) is 16.1 Å². The van der Waals surface area contributed by atoms with Gasteiger partial charge in [-0.15, -0.1) is 11.3 Å². The first-order valence-electron chi connectivity index (χ1n) is 5.30. The molecule has 0 bridgehead atoms. The molecule has 0 aromatic heterocycles. The van der Waals surface area contributed by atoms with Gasteiger partial charge in [-0.25, -0.2) is 4.79 Å². The number of benzene rings is 1. The summed E-state index contributed by atoms with van der Waals surface area (Å²) in [7, 11) is 0. The Balaban J connectivity index is 2.36. The van der Waals surface area contributed by atoms with Crippen LogP contribution in [0.4, 0.5) is 0 Å². The molecule has 1 aromatic carbocycles. The average molecular weight is 259 g/mol. The SMILES string of the molecule is O=C(O)c1c[nH]c2coc3ccccc3sc-2c1. The molecular formula is C13H9NO3S. The Kier molecular flexibility index (Phi) is 2.53. The molecule has 0 aliphatic carbocycles. The molecule has 0 amide bonds. The van der Waals surface area contributed by atoms with Crippen molar-refractivity contribution < 1.29 is 14.3 Å². The summed E-state index contributed by atoms with van der Waals surface area (Å²) in [6.45, 7) is 0. The quantitative estimate of drug-likeness (QED) is 0.699. The van der Waals surface area contributed by atoms with Gasteiger partial charge in [-0.05, 0) is 18.2 Å². The number of para-hydroxylation sites is 1. The minimum atomic E-state index is -0.951. The molecule has 0 unspecified atom stereocenters. The van der Waals surface area contributed by atoms with Crippen molar-refractivity contribution in [3.05, 3.63) is 48.4 Å². The Hall–Kier alpha value is -2.27. The van der Waals surface area contributed by atoms with Gasteiger partial charge in [-0.2, -0.15) is 0 Å². The van der Waals surface area contributed by atoms with Crippen LogP contribution in [-0.2, 0) is 0 Å². The van der Waals surface area contributed by atoms with Crippen LogP contribution in [0.1, 0.15) is 10.4 Å². The zero-order valence-corrected chi connectivity index (χ0v) is 10.0. The largest absolute Gasteiger partial charge is 0.478 e. The molecule has 3 rings (SSSR count). The Bertz CT molecular complexity index is 736. The third-order valence-corrected chi connectivity index (χ3v) is 3.67. The van der Waals surface area contributed by atoms with E-state index in [1.54, 1.807) is 12.3 Å². The first-order valence-corrected chi connectivity index (χ1v) is 6.11. The highest BCUT2D eigenvalue weighted by molar-refractivity contribution is 7.21. The maximum absolute atomic E-state index is 10.9. The Morgan fingerprint density at radius 3 is 3.00 bits per heavy atom. The normalized spacial score (nSPS) is 10.7. The minimum Gasteiger partial charge on any atom is -0.478 e. The molecule has 2 N–H and O–H groups in total. The van der Waals surface area contributed by atoms with E-state index in [1.807, 2.05) is 24.3 Å². The van der Waals surface area contributed by atoms with Crippen molar-refractivity contribution in [1.82, 2.24) is 4.98 Å². The highest BCUT2D eigenvalue weighted by Crippen LogP contribution is 2.29. The number of H-pyrrole nitrogens is 1. The standard InChI is InChI=1S/C13H9NO3S/c15-13(16)8-5-12-9(14-6-8)7-17-10-3-1-2-4-11(10)18-12/h1-7,14H,(H,15,16). The predicted octanol–water partition coefficient (Wildman–Crippen LogP) is 3.75. The second-order valence-electron chi connectivity index (χ2n) is 3.76. The van der Waals surface area contributed by atoms with Crippen LogP contribution in [0.2, 0.25) is 0 Å². The second kappa shape index (κ2) is 4.19. The number of nitrogens with one attached hydrogen (secondary N) is 1. The van der Waals surface area contributed by atoms with Gasteiger partial charge in [0.15, 0.2) is 0 Å². The number of carboxylic acid groups (broad SMARTS) is 1. The number of aromatic amines is 1. The number of pyridine rings is 1. The van der Waals surface area contributed by atoms with Crippen LogP contribution >= 0.6 is 11.3 Å². The van der Waals surface area contributed by atoms with Crippen molar-refractivity contribution in [1.29, 1.82) is 0 Å². The highest BCUT2D eigenvalue weighted by Gasteiger charge is 2.09. The molecule has 0 radical (unpaired) electrons. The van der Waals surface area contributed by atoms with Crippen LogP contribution in [0.5, 0.6) is 0 Å². The fourth-order valence-corrected chi connectivity index (χ4v) is 2.66. The fourth-order valence-electron chi connectivity index (χ4n) is 1.66.